The van der Waals surface area contributed by atoms with Gasteiger partial charge in [0.15, 0.2) is 0 Å². The lowest BCUT2D eigenvalue weighted by Gasteiger charge is -2.16. The zero-order chi connectivity index (χ0) is 12.6. The monoisotopic (exact) mass is 247 g/mol. The predicted molar refractivity (Wildman–Crippen MR) is 66.5 cm³/mol. The van der Waals surface area contributed by atoms with E-state index in [1.54, 1.807) is 0 Å². The summed E-state index contributed by atoms with van der Waals surface area (Å²) >= 11 is 4.00. The third-order valence-electron chi connectivity index (χ3n) is 2.14. The molecule has 0 spiro atoms. The molecule has 0 aromatic heterocycles. The first-order valence-corrected chi connectivity index (χ1v) is 6.19. The Kier molecular flexibility index (Phi) is 8.07. The minimum absolute atomic E-state index is 0.251. The molecule has 0 aromatic carbocycles. The van der Waals surface area contributed by atoms with Crippen LogP contribution in [0.15, 0.2) is 0 Å². The highest BCUT2D eigenvalue weighted by Crippen LogP contribution is 2.06. The fraction of sp³-hybridized carbons (Fsp3) is 0.818. The van der Waals surface area contributed by atoms with Crippen LogP contribution in [0.1, 0.15) is 33.6 Å². The lowest BCUT2D eigenvalue weighted by molar-refractivity contribution is -0.148. The van der Waals surface area contributed by atoms with Gasteiger partial charge in [-0.1, -0.05) is 20.3 Å². The van der Waals surface area contributed by atoms with Crippen molar-refractivity contribution >= 4 is 24.5 Å². The van der Waals surface area contributed by atoms with Crippen LogP contribution in [0, 0.1) is 5.92 Å². The number of hydrogen-bond donors (Lipinski definition) is 2. The molecule has 2 unspecified atom stereocenters. The van der Waals surface area contributed by atoms with Gasteiger partial charge in [0.05, 0.1) is 6.61 Å². The van der Waals surface area contributed by atoms with Crippen molar-refractivity contribution in [3.8, 4) is 0 Å². The lowest BCUT2D eigenvalue weighted by Crippen LogP contribution is -2.42. The van der Waals surface area contributed by atoms with Crippen LogP contribution in [0.2, 0.25) is 0 Å². The van der Waals surface area contributed by atoms with Crippen molar-refractivity contribution < 1.29 is 14.3 Å². The number of hydrogen-bond acceptors (Lipinski definition) is 4. The second-order valence-electron chi connectivity index (χ2n) is 3.96. The molecule has 5 heteroatoms. The maximum atomic E-state index is 11.5. The number of rotatable bonds is 7. The lowest BCUT2D eigenvalue weighted by atomic mass is 10.1. The molecule has 0 rings (SSSR count). The van der Waals surface area contributed by atoms with Gasteiger partial charge in [0.1, 0.15) is 6.04 Å². The van der Waals surface area contributed by atoms with Crippen molar-refractivity contribution in [3.05, 3.63) is 0 Å². The minimum atomic E-state index is -0.644. The molecule has 2 atom stereocenters. The molecule has 0 saturated heterocycles. The Balaban J connectivity index is 3.97. The van der Waals surface area contributed by atoms with Crippen LogP contribution in [-0.4, -0.2) is 30.3 Å². The Morgan fingerprint density at radius 3 is 2.50 bits per heavy atom. The molecular formula is C11H21NO3S. The van der Waals surface area contributed by atoms with Gasteiger partial charge in [0, 0.05) is 12.7 Å². The zero-order valence-corrected chi connectivity index (χ0v) is 11.0. The van der Waals surface area contributed by atoms with Crippen molar-refractivity contribution in [3.63, 3.8) is 0 Å². The van der Waals surface area contributed by atoms with Crippen LogP contribution in [0.5, 0.6) is 0 Å². The van der Waals surface area contributed by atoms with Gasteiger partial charge in [0.25, 0.3) is 0 Å². The van der Waals surface area contributed by atoms with Crippen LogP contribution in [0.4, 0.5) is 0 Å². The molecule has 0 heterocycles. The Bertz CT molecular complexity index is 233. The highest BCUT2D eigenvalue weighted by Gasteiger charge is 2.19. The highest BCUT2D eigenvalue weighted by atomic mass is 32.1. The number of carbonyl (C=O) groups excluding carboxylic acids is 2. The molecule has 1 N–H and O–H groups in total. The van der Waals surface area contributed by atoms with Gasteiger partial charge in [-0.25, -0.2) is 4.79 Å². The van der Waals surface area contributed by atoms with Gasteiger partial charge in [-0.2, -0.15) is 12.6 Å². The van der Waals surface area contributed by atoms with E-state index in [1.165, 1.54) is 6.92 Å². The Hall–Kier alpha value is -0.710. The fourth-order valence-corrected chi connectivity index (χ4v) is 1.57. The minimum Gasteiger partial charge on any atom is -0.464 e. The third kappa shape index (κ3) is 6.71. The quantitative estimate of drug-likeness (QED) is 0.528. The van der Waals surface area contributed by atoms with Crippen molar-refractivity contribution in [2.75, 3.05) is 12.4 Å². The third-order valence-corrected chi connectivity index (χ3v) is 2.50. The summed E-state index contributed by atoms with van der Waals surface area (Å²) in [5, 5.41) is 2.50. The zero-order valence-electron chi connectivity index (χ0n) is 10.2. The highest BCUT2D eigenvalue weighted by molar-refractivity contribution is 7.80. The van der Waals surface area contributed by atoms with Crippen LogP contribution in [-0.2, 0) is 14.3 Å². The van der Waals surface area contributed by atoms with Gasteiger partial charge >= 0.3 is 5.97 Å². The second kappa shape index (κ2) is 8.44. The standard InChI is InChI=1S/C11H21NO3S/c1-4-5-8(2)6-15-11(14)10(7-16)12-9(3)13/h8,10,16H,4-7H2,1-3H3,(H,12,13). The molecular weight excluding hydrogens is 226 g/mol. The van der Waals surface area contributed by atoms with E-state index < -0.39 is 12.0 Å². The molecule has 94 valence electrons. The number of amides is 1. The van der Waals surface area contributed by atoms with E-state index >= 15 is 0 Å². The summed E-state index contributed by atoms with van der Waals surface area (Å²) in [7, 11) is 0. The summed E-state index contributed by atoms with van der Waals surface area (Å²) < 4.78 is 5.11. The normalized spacial score (nSPS) is 14.0. The maximum absolute atomic E-state index is 11.5. The molecule has 0 aromatic rings. The first-order chi connectivity index (χ1) is 7.51. The van der Waals surface area contributed by atoms with E-state index in [0.29, 0.717) is 12.5 Å². The number of esters is 1. The van der Waals surface area contributed by atoms with Gasteiger partial charge in [-0.3, -0.25) is 4.79 Å². The number of thiol groups is 1. The molecule has 0 aliphatic carbocycles. The summed E-state index contributed by atoms with van der Waals surface area (Å²) in [5.74, 6) is -0.0572. The van der Waals surface area contributed by atoms with Crippen LogP contribution in [0.3, 0.4) is 0 Å². The number of carbonyl (C=O) groups is 2. The summed E-state index contributed by atoms with van der Waals surface area (Å²) in [6.45, 7) is 5.89. The summed E-state index contributed by atoms with van der Waals surface area (Å²) in [4.78, 5) is 22.3. The summed E-state index contributed by atoms with van der Waals surface area (Å²) in [6.07, 6.45) is 2.10. The summed E-state index contributed by atoms with van der Waals surface area (Å²) in [6, 6.07) is -0.644. The topological polar surface area (TPSA) is 55.4 Å². The molecule has 4 nitrogen and oxygen atoms in total. The van der Waals surface area contributed by atoms with E-state index in [2.05, 4.69) is 24.9 Å². The molecule has 1 amide bonds. The maximum Gasteiger partial charge on any atom is 0.329 e. The molecule has 16 heavy (non-hydrogen) atoms. The van der Waals surface area contributed by atoms with Gasteiger partial charge in [-0.15, -0.1) is 0 Å². The number of ether oxygens (including phenoxy) is 1. The van der Waals surface area contributed by atoms with Crippen LogP contribution in [0.25, 0.3) is 0 Å². The molecule has 0 aliphatic rings. The SMILES string of the molecule is CCCC(C)COC(=O)C(CS)NC(C)=O. The molecule has 0 radical (unpaired) electrons. The van der Waals surface area contributed by atoms with Crippen LogP contribution < -0.4 is 5.32 Å². The van der Waals surface area contributed by atoms with Gasteiger partial charge in [0.2, 0.25) is 5.91 Å². The van der Waals surface area contributed by atoms with Gasteiger partial charge < -0.3 is 10.1 Å². The predicted octanol–water partition coefficient (Wildman–Crippen LogP) is 1.40. The Morgan fingerprint density at radius 1 is 1.44 bits per heavy atom. The fourth-order valence-electron chi connectivity index (χ4n) is 1.33. The largest absolute Gasteiger partial charge is 0.464 e. The van der Waals surface area contributed by atoms with Gasteiger partial charge in [-0.05, 0) is 12.3 Å². The smallest absolute Gasteiger partial charge is 0.329 e. The number of nitrogens with one attached hydrogen (secondary N) is 1. The van der Waals surface area contributed by atoms with E-state index in [-0.39, 0.29) is 11.7 Å². The second-order valence-corrected chi connectivity index (χ2v) is 4.32. The Morgan fingerprint density at radius 2 is 2.06 bits per heavy atom. The average molecular weight is 247 g/mol. The first kappa shape index (κ1) is 15.3. The van der Waals surface area contributed by atoms with E-state index in [0.717, 1.165) is 12.8 Å². The van der Waals surface area contributed by atoms with Crippen molar-refractivity contribution in [2.24, 2.45) is 5.92 Å². The van der Waals surface area contributed by atoms with E-state index in [1.807, 2.05) is 6.92 Å². The summed E-state index contributed by atoms with van der Waals surface area (Å²) in [5.41, 5.74) is 0. The molecule has 0 aliphatic heterocycles. The van der Waals surface area contributed by atoms with E-state index in [4.69, 9.17) is 4.74 Å². The molecule has 0 bridgehead atoms. The molecule has 0 fully saturated rings. The van der Waals surface area contributed by atoms with Crippen molar-refractivity contribution in [1.29, 1.82) is 0 Å². The van der Waals surface area contributed by atoms with Crippen molar-refractivity contribution in [2.45, 2.75) is 39.7 Å². The Labute approximate surface area is 103 Å². The first-order valence-electron chi connectivity index (χ1n) is 5.55. The van der Waals surface area contributed by atoms with Crippen LogP contribution >= 0.6 is 12.6 Å². The van der Waals surface area contributed by atoms with Crippen molar-refractivity contribution in [1.82, 2.24) is 5.32 Å². The van der Waals surface area contributed by atoms with E-state index in [9.17, 15) is 9.59 Å². The molecule has 0 saturated carbocycles. The average Bonchev–Trinajstić information content (AvgIpc) is 2.22.